The van der Waals surface area contributed by atoms with Crippen LogP contribution in [0.5, 0.6) is 0 Å². The lowest BCUT2D eigenvalue weighted by Crippen LogP contribution is -2.30. The van der Waals surface area contributed by atoms with Crippen molar-refractivity contribution in [3.63, 3.8) is 0 Å². The number of hydrogen-bond donors (Lipinski definition) is 3. The average molecular weight is 1330 g/mol. The largest absolute Gasteiger partial charge is 0.472 e. The van der Waals surface area contributed by atoms with Gasteiger partial charge in [0.2, 0.25) is 0 Å². The Kier molecular flexibility index (Phi) is 63.0. The van der Waals surface area contributed by atoms with Gasteiger partial charge < -0.3 is 33.8 Å². The molecule has 0 radical (unpaired) electrons. The fourth-order valence-corrected chi connectivity index (χ4v) is 12.4. The second-order valence-electron chi connectivity index (χ2n) is 25.9. The number of rotatable bonds is 71. The molecule has 0 aromatic carbocycles. The van der Waals surface area contributed by atoms with Gasteiger partial charge in [-0.25, -0.2) is 9.13 Å². The molecule has 19 heteroatoms. The van der Waals surface area contributed by atoms with Crippen LogP contribution in [0, 0.1) is 5.92 Å². The van der Waals surface area contributed by atoms with Gasteiger partial charge in [0.15, 0.2) is 12.2 Å². The molecule has 3 unspecified atom stereocenters. The van der Waals surface area contributed by atoms with Gasteiger partial charge >= 0.3 is 39.5 Å². The van der Waals surface area contributed by atoms with Crippen LogP contribution in [0.3, 0.4) is 0 Å². The van der Waals surface area contributed by atoms with Crippen molar-refractivity contribution < 1.29 is 80.2 Å². The molecular weight excluding hydrogens is 1190 g/mol. The molecule has 0 saturated heterocycles. The summed E-state index contributed by atoms with van der Waals surface area (Å²) in [4.78, 5) is 72.4. The van der Waals surface area contributed by atoms with E-state index in [1.54, 1.807) is 0 Å². The Morgan fingerprint density at radius 2 is 0.533 bits per heavy atom. The summed E-state index contributed by atoms with van der Waals surface area (Å²) in [7, 11) is -9.89. The minimum atomic E-state index is -4.95. The standard InChI is InChI=1S/C71H138O17P2/c1-6-10-13-16-19-21-23-25-26-27-28-29-30-31-32-33-35-37-40-46-51-56-70(75)87-66(61-82-69(74)55-50-45-39-36-34-24-22-20-17-14-11-7-2)62-85-89(77,78)83-58-65(72)59-84-90(79,80)86-63-67(60-81-68(73)54-49-44-38-18-15-12-8-3)88-71(76)57-52-47-42-41-43-48-53-64(5)9-4/h64-67,72H,6-63H2,1-5H3,(H,77,78)(H,79,80)/t64?,65-,66-,67-/m1/s1. The van der Waals surface area contributed by atoms with Gasteiger partial charge in [0, 0.05) is 25.7 Å². The van der Waals surface area contributed by atoms with E-state index < -0.39 is 97.5 Å². The van der Waals surface area contributed by atoms with Crippen molar-refractivity contribution in [3.8, 4) is 0 Å². The minimum Gasteiger partial charge on any atom is -0.462 e. The Bertz CT molecular complexity index is 1740. The summed E-state index contributed by atoms with van der Waals surface area (Å²) in [6.45, 7) is 7.15. The number of ether oxygens (including phenoxy) is 4. The first-order valence-corrected chi connectivity index (χ1v) is 40.2. The van der Waals surface area contributed by atoms with E-state index >= 15 is 0 Å². The molecule has 0 aliphatic rings. The normalized spacial score (nSPS) is 14.4. The molecule has 0 aromatic rings. The number of aliphatic hydroxyl groups is 1. The fourth-order valence-electron chi connectivity index (χ4n) is 10.8. The topological polar surface area (TPSA) is 237 Å². The second-order valence-corrected chi connectivity index (χ2v) is 28.8. The molecule has 90 heavy (non-hydrogen) atoms. The Morgan fingerprint density at radius 3 is 0.789 bits per heavy atom. The van der Waals surface area contributed by atoms with Gasteiger partial charge in [0.05, 0.1) is 26.4 Å². The highest BCUT2D eigenvalue weighted by molar-refractivity contribution is 7.47. The number of hydrogen-bond acceptors (Lipinski definition) is 15. The first kappa shape index (κ1) is 88.1. The molecule has 17 nitrogen and oxygen atoms in total. The molecule has 0 bridgehead atoms. The highest BCUT2D eigenvalue weighted by atomic mass is 31.2. The van der Waals surface area contributed by atoms with Crippen LogP contribution in [-0.4, -0.2) is 96.7 Å². The molecule has 0 aromatic heterocycles. The summed E-state index contributed by atoms with van der Waals surface area (Å²) < 4.78 is 68.2. The fraction of sp³-hybridized carbons (Fsp3) is 0.944. The van der Waals surface area contributed by atoms with Crippen LogP contribution in [-0.2, 0) is 65.4 Å². The van der Waals surface area contributed by atoms with Gasteiger partial charge in [-0.05, 0) is 31.6 Å². The van der Waals surface area contributed by atoms with Gasteiger partial charge in [-0.2, -0.15) is 0 Å². The lowest BCUT2D eigenvalue weighted by Gasteiger charge is -2.21. The SMILES string of the molecule is CCCCCCCCCCCCCCCCCCCCCCCC(=O)O[C@H](COC(=O)CCCCCCCCCCCCCC)COP(=O)(O)OC[C@@H](O)COP(=O)(O)OC[C@@H](COC(=O)CCCCCCCCC)OC(=O)CCCCCCCCC(C)CC. The van der Waals surface area contributed by atoms with E-state index in [0.717, 1.165) is 109 Å². The van der Waals surface area contributed by atoms with Gasteiger partial charge in [-0.15, -0.1) is 0 Å². The van der Waals surface area contributed by atoms with E-state index in [2.05, 4.69) is 34.6 Å². The summed E-state index contributed by atoms with van der Waals surface area (Å²) in [6, 6.07) is 0. The minimum absolute atomic E-state index is 0.103. The molecule has 0 aliphatic heterocycles. The highest BCUT2D eigenvalue weighted by Gasteiger charge is 2.30. The number of phosphoric ester groups is 2. The zero-order chi connectivity index (χ0) is 66.3. The van der Waals surface area contributed by atoms with E-state index in [4.69, 9.17) is 37.0 Å². The Labute approximate surface area is 549 Å². The average Bonchev–Trinajstić information content (AvgIpc) is 3.37. The molecule has 0 rings (SSSR count). The maximum Gasteiger partial charge on any atom is 0.472 e. The molecular formula is C71H138O17P2. The third kappa shape index (κ3) is 63.5. The number of esters is 4. The lowest BCUT2D eigenvalue weighted by molar-refractivity contribution is -0.161. The molecule has 0 fully saturated rings. The molecule has 6 atom stereocenters. The van der Waals surface area contributed by atoms with Crippen molar-refractivity contribution >= 4 is 39.5 Å². The maximum atomic E-state index is 13.0. The molecule has 0 aliphatic carbocycles. The van der Waals surface area contributed by atoms with Crippen LogP contribution in [0.2, 0.25) is 0 Å². The molecule has 0 heterocycles. The molecule has 534 valence electrons. The zero-order valence-corrected chi connectivity index (χ0v) is 60.1. The van der Waals surface area contributed by atoms with Crippen molar-refractivity contribution in [2.24, 2.45) is 5.92 Å². The third-order valence-electron chi connectivity index (χ3n) is 16.9. The van der Waals surface area contributed by atoms with Crippen LogP contribution >= 0.6 is 15.6 Å². The second kappa shape index (κ2) is 64.4. The van der Waals surface area contributed by atoms with Crippen LogP contribution in [0.4, 0.5) is 0 Å². The lowest BCUT2D eigenvalue weighted by atomic mass is 10.00. The predicted molar refractivity (Wildman–Crippen MR) is 363 cm³/mol. The van der Waals surface area contributed by atoms with Crippen molar-refractivity contribution in [1.29, 1.82) is 0 Å². The predicted octanol–water partition coefficient (Wildman–Crippen LogP) is 20.5. The van der Waals surface area contributed by atoms with E-state index in [1.165, 1.54) is 180 Å². The monoisotopic (exact) mass is 1320 g/mol. The quantitative estimate of drug-likeness (QED) is 0.0222. The number of phosphoric acid groups is 2. The summed E-state index contributed by atoms with van der Waals surface area (Å²) in [5.41, 5.74) is 0. The number of unbranched alkanes of at least 4 members (excludes halogenated alkanes) is 42. The Balaban J connectivity index is 5.14. The molecule has 0 saturated carbocycles. The van der Waals surface area contributed by atoms with Crippen molar-refractivity contribution in [3.05, 3.63) is 0 Å². The highest BCUT2D eigenvalue weighted by Crippen LogP contribution is 2.45. The van der Waals surface area contributed by atoms with Crippen LogP contribution in [0.25, 0.3) is 0 Å². The molecule has 0 spiro atoms. The first-order chi connectivity index (χ1) is 43.6. The smallest absolute Gasteiger partial charge is 0.462 e. The zero-order valence-electron chi connectivity index (χ0n) is 58.3. The van der Waals surface area contributed by atoms with E-state index in [1.807, 2.05) is 0 Å². The number of aliphatic hydroxyl groups excluding tert-OH is 1. The first-order valence-electron chi connectivity index (χ1n) is 37.2. The van der Waals surface area contributed by atoms with Crippen LogP contribution < -0.4 is 0 Å². The van der Waals surface area contributed by atoms with Crippen LogP contribution in [0.15, 0.2) is 0 Å². The Hall–Kier alpha value is -1.94. The summed E-state index contributed by atoms with van der Waals surface area (Å²) in [6.07, 6.45) is 51.7. The van der Waals surface area contributed by atoms with Crippen molar-refractivity contribution in [2.75, 3.05) is 39.6 Å². The molecule has 0 amide bonds. The molecule has 3 N–H and O–H groups in total. The van der Waals surface area contributed by atoms with Crippen molar-refractivity contribution in [1.82, 2.24) is 0 Å². The van der Waals surface area contributed by atoms with Gasteiger partial charge in [0.1, 0.15) is 19.3 Å². The summed E-state index contributed by atoms with van der Waals surface area (Å²) in [5, 5.41) is 10.6. The Morgan fingerprint density at radius 1 is 0.311 bits per heavy atom. The summed E-state index contributed by atoms with van der Waals surface area (Å²) >= 11 is 0. The van der Waals surface area contributed by atoms with E-state index in [0.29, 0.717) is 25.7 Å². The van der Waals surface area contributed by atoms with Gasteiger partial charge in [0.25, 0.3) is 0 Å². The number of carbonyl (C=O) groups is 4. The van der Waals surface area contributed by atoms with Gasteiger partial charge in [-0.3, -0.25) is 37.3 Å². The summed E-state index contributed by atoms with van der Waals surface area (Å²) in [5.74, 6) is -1.41. The van der Waals surface area contributed by atoms with Crippen molar-refractivity contribution in [2.45, 2.75) is 387 Å². The third-order valence-corrected chi connectivity index (χ3v) is 18.8. The van der Waals surface area contributed by atoms with E-state index in [9.17, 15) is 43.2 Å². The maximum absolute atomic E-state index is 13.0. The van der Waals surface area contributed by atoms with Crippen LogP contribution in [0.1, 0.15) is 369 Å². The number of carbonyl (C=O) groups excluding carboxylic acids is 4. The van der Waals surface area contributed by atoms with E-state index in [-0.39, 0.29) is 25.7 Å². The van der Waals surface area contributed by atoms with Gasteiger partial charge in [-0.1, -0.05) is 317 Å².